The normalized spacial score (nSPS) is 10.4. The smallest absolute Gasteiger partial charge is 0.261 e. The third-order valence-electron chi connectivity index (χ3n) is 3.39. The molecule has 144 valence electrons. The van der Waals surface area contributed by atoms with Crippen molar-refractivity contribution in [3.8, 4) is 11.5 Å². The highest BCUT2D eigenvalue weighted by Crippen LogP contribution is 2.19. The lowest BCUT2D eigenvalue weighted by atomic mass is 10.2. The molecule has 0 bridgehead atoms. The van der Waals surface area contributed by atoms with Gasteiger partial charge >= 0.3 is 0 Å². The van der Waals surface area contributed by atoms with Crippen LogP contribution in [0.15, 0.2) is 48.5 Å². The van der Waals surface area contributed by atoms with Crippen LogP contribution in [0.1, 0.15) is 24.2 Å². The van der Waals surface area contributed by atoms with Crippen molar-refractivity contribution in [1.82, 2.24) is 5.32 Å². The van der Waals surface area contributed by atoms with Gasteiger partial charge in [0.25, 0.3) is 5.91 Å². The van der Waals surface area contributed by atoms with E-state index in [0.717, 1.165) is 11.4 Å². The minimum absolute atomic E-state index is 0.107. The Balaban J connectivity index is 1.94. The quantitative estimate of drug-likeness (QED) is 0.532. The largest absolute Gasteiger partial charge is 0.491 e. The van der Waals surface area contributed by atoms with Gasteiger partial charge in [-0.15, -0.1) is 0 Å². The highest BCUT2D eigenvalue weighted by atomic mass is 32.1. The van der Waals surface area contributed by atoms with Crippen LogP contribution >= 0.6 is 12.2 Å². The molecule has 7 heteroatoms. The summed E-state index contributed by atoms with van der Waals surface area (Å²) in [6.07, 6.45) is 0.107. The van der Waals surface area contributed by atoms with Gasteiger partial charge in [-0.05, 0) is 62.5 Å². The number of ether oxygens (including phenoxy) is 3. The molecule has 0 aromatic heterocycles. The van der Waals surface area contributed by atoms with Gasteiger partial charge in [0.1, 0.15) is 18.1 Å². The zero-order valence-corrected chi connectivity index (χ0v) is 16.5. The molecule has 0 heterocycles. The maximum Gasteiger partial charge on any atom is 0.261 e. The second-order valence-electron chi connectivity index (χ2n) is 5.94. The Morgan fingerprint density at radius 1 is 1.07 bits per heavy atom. The predicted octanol–water partition coefficient (Wildman–Crippen LogP) is 3.63. The zero-order chi connectivity index (χ0) is 19.6. The van der Waals surface area contributed by atoms with Crippen molar-refractivity contribution < 1.29 is 19.0 Å². The fourth-order valence-electron chi connectivity index (χ4n) is 2.24. The van der Waals surface area contributed by atoms with Crippen LogP contribution in [-0.4, -0.2) is 37.4 Å². The van der Waals surface area contributed by atoms with E-state index in [2.05, 4.69) is 10.6 Å². The van der Waals surface area contributed by atoms with E-state index in [9.17, 15) is 4.79 Å². The Kier molecular flexibility index (Phi) is 8.03. The molecule has 2 N–H and O–H groups in total. The number of benzene rings is 2. The molecule has 2 rings (SSSR count). The maximum absolute atomic E-state index is 12.5. The minimum Gasteiger partial charge on any atom is -0.491 e. The van der Waals surface area contributed by atoms with Crippen LogP contribution in [0.5, 0.6) is 11.5 Å². The van der Waals surface area contributed by atoms with Gasteiger partial charge in [-0.3, -0.25) is 10.1 Å². The Bertz CT molecular complexity index is 763. The van der Waals surface area contributed by atoms with Gasteiger partial charge < -0.3 is 19.5 Å². The fraction of sp³-hybridized carbons (Fsp3) is 0.300. The van der Waals surface area contributed by atoms with Crippen molar-refractivity contribution in [1.29, 1.82) is 0 Å². The lowest BCUT2D eigenvalue weighted by Crippen LogP contribution is -2.34. The summed E-state index contributed by atoms with van der Waals surface area (Å²) in [5.41, 5.74) is 1.15. The molecule has 27 heavy (non-hydrogen) atoms. The number of carbonyl (C=O) groups excluding carboxylic acids is 1. The number of thiocarbonyl (C=S) groups is 1. The highest BCUT2D eigenvalue weighted by Gasteiger charge is 2.13. The topological polar surface area (TPSA) is 68.8 Å². The summed E-state index contributed by atoms with van der Waals surface area (Å²) in [5, 5.41) is 5.84. The third-order valence-corrected chi connectivity index (χ3v) is 3.59. The molecule has 0 spiro atoms. The van der Waals surface area contributed by atoms with Gasteiger partial charge in [0, 0.05) is 12.8 Å². The first-order valence-electron chi connectivity index (χ1n) is 8.59. The van der Waals surface area contributed by atoms with E-state index in [1.807, 2.05) is 38.1 Å². The van der Waals surface area contributed by atoms with Crippen LogP contribution in [0.3, 0.4) is 0 Å². The van der Waals surface area contributed by atoms with Crippen molar-refractivity contribution in [2.75, 3.05) is 25.6 Å². The molecule has 2 aromatic carbocycles. The molecule has 1 amide bonds. The van der Waals surface area contributed by atoms with Gasteiger partial charge in [-0.1, -0.05) is 12.1 Å². The number of hydrogen-bond acceptors (Lipinski definition) is 5. The molecule has 0 aliphatic carbocycles. The molecule has 0 fully saturated rings. The zero-order valence-electron chi connectivity index (χ0n) is 15.7. The SMILES string of the molecule is COCCOc1ccccc1C(=O)NC(=S)Nc1ccc(OC(C)C)cc1. The molecule has 0 atom stereocenters. The number of nitrogens with one attached hydrogen (secondary N) is 2. The molecular formula is C20H24N2O4S. The summed E-state index contributed by atoms with van der Waals surface area (Å²) in [6.45, 7) is 4.72. The third kappa shape index (κ3) is 6.88. The van der Waals surface area contributed by atoms with E-state index >= 15 is 0 Å². The van der Waals surface area contributed by atoms with E-state index in [4.69, 9.17) is 26.4 Å². The molecule has 0 aliphatic rings. The lowest BCUT2D eigenvalue weighted by Gasteiger charge is -2.13. The molecule has 0 saturated carbocycles. The Morgan fingerprint density at radius 3 is 2.44 bits per heavy atom. The Morgan fingerprint density at radius 2 is 1.78 bits per heavy atom. The van der Waals surface area contributed by atoms with Crippen molar-refractivity contribution >= 4 is 28.9 Å². The van der Waals surface area contributed by atoms with E-state index in [0.29, 0.717) is 24.5 Å². The van der Waals surface area contributed by atoms with E-state index in [1.165, 1.54) is 0 Å². The number of anilines is 1. The van der Waals surface area contributed by atoms with Gasteiger partial charge in [0.15, 0.2) is 5.11 Å². The van der Waals surface area contributed by atoms with Gasteiger partial charge in [-0.2, -0.15) is 0 Å². The number of methoxy groups -OCH3 is 1. The lowest BCUT2D eigenvalue weighted by molar-refractivity contribution is 0.0970. The molecule has 0 saturated heterocycles. The van der Waals surface area contributed by atoms with Gasteiger partial charge in [0.2, 0.25) is 0 Å². The summed E-state index contributed by atoms with van der Waals surface area (Å²) in [4.78, 5) is 12.5. The van der Waals surface area contributed by atoms with Crippen LogP contribution in [-0.2, 0) is 4.74 Å². The standard InChI is InChI=1S/C20H24N2O4S/c1-14(2)26-16-10-8-15(9-11-16)21-20(27)22-19(23)17-6-4-5-7-18(17)25-13-12-24-3/h4-11,14H,12-13H2,1-3H3,(H2,21,22,23,27). The first-order valence-corrected chi connectivity index (χ1v) is 9.00. The summed E-state index contributed by atoms with van der Waals surface area (Å²) in [6, 6.07) is 14.3. The molecule has 6 nitrogen and oxygen atoms in total. The second-order valence-corrected chi connectivity index (χ2v) is 6.34. The van der Waals surface area contributed by atoms with Crippen molar-refractivity contribution in [3.05, 3.63) is 54.1 Å². The average molecular weight is 388 g/mol. The summed E-state index contributed by atoms with van der Waals surface area (Å²) in [7, 11) is 1.59. The number of rotatable bonds is 8. The number of hydrogen-bond donors (Lipinski definition) is 2. The summed E-state index contributed by atoms with van der Waals surface area (Å²) in [5.74, 6) is 0.901. The van der Waals surface area contributed by atoms with Crippen LogP contribution in [0.2, 0.25) is 0 Å². The van der Waals surface area contributed by atoms with Crippen molar-refractivity contribution in [2.45, 2.75) is 20.0 Å². The fourth-order valence-corrected chi connectivity index (χ4v) is 2.45. The van der Waals surface area contributed by atoms with E-state index in [1.54, 1.807) is 31.4 Å². The Hall–Kier alpha value is -2.64. The van der Waals surface area contributed by atoms with Crippen LogP contribution in [0.4, 0.5) is 5.69 Å². The summed E-state index contributed by atoms with van der Waals surface area (Å²) < 4.78 is 16.1. The molecular weight excluding hydrogens is 364 g/mol. The number of amides is 1. The maximum atomic E-state index is 12.5. The first kappa shape index (κ1) is 20.7. The van der Waals surface area contributed by atoms with Crippen molar-refractivity contribution in [2.24, 2.45) is 0 Å². The highest BCUT2D eigenvalue weighted by molar-refractivity contribution is 7.80. The van der Waals surface area contributed by atoms with Crippen LogP contribution in [0, 0.1) is 0 Å². The number of carbonyl (C=O) groups is 1. The molecule has 0 radical (unpaired) electrons. The van der Waals surface area contributed by atoms with Gasteiger partial charge in [0.05, 0.1) is 18.3 Å². The van der Waals surface area contributed by atoms with Crippen molar-refractivity contribution in [3.63, 3.8) is 0 Å². The van der Waals surface area contributed by atoms with Gasteiger partial charge in [-0.25, -0.2) is 0 Å². The molecule has 0 unspecified atom stereocenters. The molecule has 2 aromatic rings. The average Bonchev–Trinajstić information content (AvgIpc) is 2.63. The van der Waals surface area contributed by atoms with E-state index < -0.39 is 0 Å². The molecule has 0 aliphatic heterocycles. The van der Waals surface area contributed by atoms with E-state index in [-0.39, 0.29) is 17.1 Å². The van der Waals surface area contributed by atoms with Crippen LogP contribution in [0.25, 0.3) is 0 Å². The first-order chi connectivity index (χ1) is 13.0. The monoisotopic (exact) mass is 388 g/mol. The second kappa shape index (κ2) is 10.5. The predicted molar refractivity (Wildman–Crippen MR) is 110 cm³/mol. The van der Waals surface area contributed by atoms with Crippen LogP contribution < -0.4 is 20.1 Å². The Labute approximate surface area is 164 Å². The number of para-hydroxylation sites is 1. The minimum atomic E-state index is -0.347. The summed E-state index contributed by atoms with van der Waals surface area (Å²) >= 11 is 5.23.